The summed E-state index contributed by atoms with van der Waals surface area (Å²) in [6.07, 6.45) is 0. The van der Waals surface area contributed by atoms with Crippen molar-refractivity contribution < 1.29 is 28.6 Å². The number of aromatic nitrogens is 1. The minimum absolute atomic E-state index is 0.234. The van der Waals surface area contributed by atoms with Crippen molar-refractivity contribution >= 4 is 58.2 Å². The summed E-state index contributed by atoms with van der Waals surface area (Å²) in [4.78, 5) is 56.7. The summed E-state index contributed by atoms with van der Waals surface area (Å²) in [5.41, 5.74) is 2.27. The van der Waals surface area contributed by atoms with Gasteiger partial charge in [-0.1, -0.05) is 52.9 Å². The molecule has 220 valence electrons. The van der Waals surface area contributed by atoms with Gasteiger partial charge in [0.2, 0.25) is 11.8 Å². The van der Waals surface area contributed by atoms with Gasteiger partial charge in [-0.3, -0.25) is 14.4 Å². The van der Waals surface area contributed by atoms with E-state index in [-0.39, 0.29) is 29.9 Å². The maximum absolute atomic E-state index is 14.0. The molecule has 3 aromatic carbocycles. The van der Waals surface area contributed by atoms with E-state index in [0.717, 1.165) is 16.9 Å². The Morgan fingerprint density at radius 2 is 1.79 bits per heavy atom. The molecular weight excluding hydrogens is 612 g/mol. The number of benzene rings is 3. The average molecular weight is 637 g/mol. The number of imide groups is 1. The van der Waals surface area contributed by atoms with Crippen LogP contribution in [0.1, 0.15) is 39.2 Å². The Morgan fingerprint density at radius 3 is 2.51 bits per heavy atom. The van der Waals surface area contributed by atoms with Crippen LogP contribution in [0.25, 0.3) is 0 Å². The number of carbonyl (C=O) groups is 3. The largest absolute Gasteiger partial charge is 0.493 e. The van der Waals surface area contributed by atoms with Gasteiger partial charge < -0.3 is 19.2 Å². The molecule has 43 heavy (non-hydrogen) atoms. The van der Waals surface area contributed by atoms with Gasteiger partial charge in [-0.2, -0.15) is 0 Å². The number of nitrogens with zero attached hydrogens (tertiary/aromatic N) is 1. The number of carbonyl (C=O) groups excluding carboxylic acids is 3. The number of amides is 2. The zero-order valence-corrected chi connectivity index (χ0v) is 25.4. The van der Waals surface area contributed by atoms with Crippen LogP contribution < -0.4 is 19.2 Å². The lowest BCUT2D eigenvalue weighted by Gasteiger charge is -2.30. The predicted molar refractivity (Wildman–Crippen MR) is 164 cm³/mol. The van der Waals surface area contributed by atoms with E-state index < -0.39 is 23.1 Å². The van der Waals surface area contributed by atoms with E-state index in [1.165, 1.54) is 35.9 Å². The number of rotatable bonds is 8. The maximum Gasteiger partial charge on any atom is 0.338 e. The number of hydrogen-bond donors (Lipinski definition) is 1. The normalized spacial score (nSPS) is 19.1. The monoisotopic (exact) mass is 636 g/mol. The number of thiazole rings is 1. The molecule has 3 atom stereocenters. The molecule has 0 unspecified atom stereocenters. The standard InChI is InChI=1S/C31H25ClN2O7S2/c1-3-40-30(37)17-7-10-20(11-8-17)34-28(35)24-23(25-27(33-31(38)43-25)42-26(24)29(34)36)18-9-12-21(22(14-18)39-2)41-15-16-5-4-6-19(32)13-16/h4-14,23-24,26H,3,15H2,1-2H3,(H,33,38)/t23-,24-,26+/m0/s1. The number of aromatic amines is 1. The van der Waals surface area contributed by atoms with Gasteiger partial charge >= 0.3 is 10.8 Å². The first-order valence-corrected chi connectivity index (χ1v) is 15.5. The molecule has 0 spiro atoms. The molecule has 1 fully saturated rings. The third kappa shape index (κ3) is 5.44. The Morgan fingerprint density at radius 1 is 1.00 bits per heavy atom. The third-order valence-corrected chi connectivity index (χ3v) is 9.93. The van der Waals surface area contributed by atoms with Gasteiger partial charge in [0.1, 0.15) is 11.9 Å². The quantitative estimate of drug-likeness (QED) is 0.195. The van der Waals surface area contributed by atoms with Crippen LogP contribution in [0.2, 0.25) is 5.02 Å². The first kappa shape index (κ1) is 29.0. The highest BCUT2D eigenvalue weighted by Gasteiger charge is 2.56. The summed E-state index contributed by atoms with van der Waals surface area (Å²) in [5.74, 6) is -1.68. The number of halogens is 1. The number of H-pyrrole nitrogens is 1. The molecule has 0 radical (unpaired) electrons. The molecule has 2 aliphatic rings. The van der Waals surface area contributed by atoms with E-state index in [0.29, 0.717) is 43.2 Å². The molecule has 1 aromatic heterocycles. The van der Waals surface area contributed by atoms with Crippen molar-refractivity contribution in [2.75, 3.05) is 18.6 Å². The zero-order valence-electron chi connectivity index (χ0n) is 23.0. The lowest BCUT2D eigenvalue weighted by atomic mass is 9.83. The van der Waals surface area contributed by atoms with E-state index in [1.54, 1.807) is 37.3 Å². The fourth-order valence-corrected chi connectivity index (χ4v) is 8.10. The van der Waals surface area contributed by atoms with E-state index in [9.17, 15) is 19.2 Å². The molecule has 9 nitrogen and oxygen atoms in total. The molecule has 0 aliphatic carbocycles. The molecular formula is C31H25ClN2O7S2. The van der Waals surface area contributed by atoms with Crippen molar-refractivity contribution in [3.63, 3.8) is 0 Å². The van der Waals surface area contributed by atoms with Gasteiger partial charge in [-0.25, -0.2) is 9.69 Å². The highest BCUT2D eigenvalue weighted by Crippen LogP contribution is 2.53. The highest BCUT2D eigenvalue weighted by molar-refractivity contribution is 8.00. The number of ether oxygens (including phenoxy) is 3. The minimum atomic E-state index is -0.774. The second-order valence-electron chi connectivity index (χ2n) is 9.86. The molecule has 2 aliphatic heterocycles. The Kier molecular flexibility index (Phi) is 8.04. The first-order valence-electron chi connectivity index (χ1n) is 13.4. The second kappa shape index (κ2) is 11.9. The molecule has 0 saturated carbocycles. The fourth-order valence-electron chi connectivity index (χ4n) is 5.38. The molecule has 12 heteroatoms. The van der Waals surface area contributed by atoms with E-state index in [1.807, 2.05) is 24.3 Å². The van der Waals surface area contributed by atoms with Gasteiger partial charge in [0.15, 0.2) is 11.5 Å². The Bertz CT molecular complexity index is 1790. The molecule has 4 aromatic rings. The molecule has 2 amide bonds. The van der Waals surface area contributed by atoms with Crippen LogP contribution in [0.3, 0.4) is 0 Å². The number of hydrogen-bond acceptors (Lipinski definition) is 9. The second-order valence-corrected chi connectivity index (χ2v) is 12.5. The van der Waals surface area contributed by atoms with E-state index in [4.69, 9.17) is 25.8 Å². The topological polar surface area (TPSA) is 115 Å². The highest BCUT2D eigenvalue weighted by atomic mass is 35.5. The van der Waals surface area contributed by atoms with E-state index >= 15 is 0 Å². The Labute approximate surface area is 259 Å². The van der Waals surface area contributed by atoms with Crippen LogP contribution in [0.5, 0.6) is 11.5 Å². The van der Waals surface area contributed by atoms with Crippen molar-refractivity contribution in [2.45, 2.75) is 29.7 Å². The summed E-state index contributed by atoms with van der Waals surface area (Å²) >= 11 is 8.32. The van der Waals surface area contributed by atoms with Crippen molar-refractivity contribution in [2.24, 2.45) is 5.92 Å². The summed E-state index contributed by atoms with van der Waals surface area (Å²) in [6, 6.07) is 18.9. The van der Waals surface area contributed by atoms with Crippen LogP contribution in [0, 0.1) is 5.92 Å². The zero-order chi connectivity index (χ0) is 30.2. The lowest BCUT2D eigenvalue weighted by molar-refractivity contribution is -0.122. The SMILES string of the molecule is CCOC(=O)c1ccc(N2C(=O)[C@H]3[C@H](c4ccc(OCc5cccc(Cl)c5)c(OC)c4)c4sc(=O)[nH]c4S[C@H]3C2=O)cc1. The Balaban J connectivity index is 1.34. The van der Waals surface area contributed by atoms with Crippen LogP contribution >= 0.6 is 34.7 Å². The first-order chi connectivity index (χ1) is 20.8. The number of methoxy groups -OCH3 is 1. The molecule has 1 N–H and O–H groups in total. The van der Waals surface area contributed by atoms with Crippen LogP contribution in [0.15, 0.2) is 76.6 Å². The number of thioether (sulfide) groups is 1. The molecule has 6 rings (SSSR count). The summed E-state index contributed by atoms with van der Waals surface area (Å²) < 4.78 is 16.7. The minimum Gasteiger partial charge on any atom is -0.493 e. The van der Waals surface area contributed by atoms with Crippen molar-refractivity contribution in [3.8, 4) is 11.5 Å². The summed E-state index contributed by atoms with van der Waals surface area (Å²) in [5, 5.41) is 0.418. The predicted octanol–water partition coefficient (Wildman–Crippen LogP) is 5.65. The van der Waals surface area contributed by atoms with Crippen LogP contribution in [0.4, 0.5) is 5.69 Å². The van der Waals surface area contributed by atoms with Crippen LogP contribution in [-0.2, 0) is 20.9 Å². The smallest absolute Gasteiger partial charge is 0.338 e. The average Bonchev–Trinajstić information content (AvgIpc) is 3.50. The van der Waals surface area contributed by atoms with Gasteiger partial charge in [0.05, 0.1) is 35.9 Å². The van der Waals surface area contributed by atoms with Crippen molar-refractivity contribution in [1.82, 2.24) is 4.98 Å². The number of esters is 1. The van der Waals surface area contributed by atoms with E-state index in [2.05, 4.69) is 4.98 Å². The van der Waals surface area contributed by atoms with Crippen LogP contribution in [-0.4, -0.2) is 41.7 Å². The lowest BCUT2D eigenvalue weighted by Crippen LogP contribution is -2.32. The third-order valence-electron chi connectivity index (χ3n) is 7.29. The van der Waals surface area contributed by atoms with Crippen molar-refractivity contribution in [3.05, 3.63) is 103 Å². The number of nitrogens with one attached hydrogen (secondary N) is 1. The van der Waals surface area contributed by atoms with Gasteiger partial charge in [0.25, 0.3) is 0 Å². The number of anilines is 1. The number of fused-ring (bicyclic) bond motifs is 2. The molecule has 3 heterocycles. The van der Waals surface area contributed by atoms with Gasteiger partial charge in [-0.15, -0.1) is 0 Å². The van der Waals surface area contributed by atoms with Crippen molar-refractivity contribution in [1.29, 1.82) is 0 Å². The van der Waals surface area contributed by atoms with Gasteiger partial charge in [0, 0.05) is 15.8 Å². The Hall–Kier alpha value is -4.06. The maximum atomic E-state index is 14.0. The summed E-state index contributed by atoms with van der Waals surface area (Å²) in [6.45, 7) is 2.21. The van der Waals surface area contributed by atoms with Gasteiger partial charge in [-0.05, 0) is 66.6 Å². The summed E-state index contributed by atoms with van der Waals surface area (Å²) in [7, 11) is 1.52. The fraction of sp³-hybridized carbons (Fsp3) is 0.226. The molecule has 0 bridgehead atoms. The molecule has 1 saturated heterocycles.